The van der Waals surface area contributed by atoms with Crippen LogP contribution >= 0.6 is 0 Å². The first-order chi connectivity index (χ1) is 6.88. The Hall–Kier alpha value is 0.390. The van der Waals surface area contributed by atoms with Gasteiger partial charge < -0.3 is 9.47 Å². The first kappa shape index (κ1) is 22.6. The van der Waals surface area contributed by atoms with E-state index in [4.69, 9.17) is 0 Å². The molecule has 17 heavy (non-hydrogen) atoms. The number of carbonyl (C=O) groups excluding carboxylic acids is 3. The third kappa shape index (κ3) is 10.0. The quantitative estimate of drug-likeness (QED) is 0.176. The van der Waals surface area contributed by atoms with Crippen molar-refractivity contribution in [1.29, 1.82) is 0 Å². The summed E-state index contributed by atoms with van der Waals surface area (Å²) in [6.07, 6.45) is -0.819. The molecule has 5 nitrogen and oxygen atoms in total. The van der Waals surface area contributed by atoms with Gasteiger partial charge in [-0.2, -0.15) is 0 Å². The van der Waals surface area contributed by atoms with E-state index < -0.39 is 29.7 Å². The van der Waals surface area contributed by atoms with Crippen molar-refractivity contribution in [1.82, 2.24) is 0 Å². The zero-order valence-corrected chi connectivity index (χ0v) is 15.2. The van der Waals surface area contributed by atoms with Crippen LogP contribution in [0, 0.1) is 0 Å². The zero-order valence-electron chi connectivity index (χ0n) is 11.2. The van der Waals surface area contributed by atoms with Crippen LogP contribution in [0.3, 0.4) is 0 Å². The van der Waals surface area contributed by atoms with Gasteiger partial charge in [-0.05, 0) is 27.7 Å². The number of carbonyl (C=O) groups is 2. The normalized spacial score (nSPS) is 8.59. The van der Waals surface area contributed by atoms with E-state index >= 15 is 0 Å². The van der Waals surface area contributed by atoms with Gasteiger partial charge in [0.25, 0.3) is 0 Å². The third-order valence-electron chi connectivity index (χ3n) is 1.20. The predicted molar refractivity (Wildman–Crippen MR) is 63.2 cm³/mol. The Balaban J connectivity index is -0.000000980. The van der Waals surface area contributed by atoms with Crippen LogP contribution in [0.4, 0.5) is 0 Å². The molecule has 0 atom stereocenters. The summed E-state index contributed by atoms with van der Waals surface area (Å²) in [5, 5.41) is 0. The Kier molecular flexibility index (Phi) is 15.2. The van der Waals surface area contributed by atoms with Crippen LogP contribution in [0.2, 0.25) is 0 Å². The van der Waals surface area contributed by atoms with E-state index in [0.29, 0.717) is 0 Å². The Bertz CT molecular complexity index is 282. The SMILES string of the molecule is CC(C)OC(=O)C(=C=O)C(=O)OC(C)C.[Na].[Na]. The Labute approximate surface area is 145 Å². The molecule has 0 aromatic heterocycles. The molecule has 0 aromatic rings. The molecular weight excluding hydrogens is 246 g/mol. The molecule has 0 saturated heterocycles. The average Bonchev–Trinajstić information content (AvgIpc) is 2.01. The molecule has 0 rings (SSSR count). The molecule has 0 fully saturated rings. The van der Waals surface area contributed by atoms with Gasteiger partial charge in [0.1, 0.15) is 5.94 Å². The van der Waals surface area contributed by atoms with Crippen LogP contribution in [-0.4, -0.2) is 89.2 Å². The Morgan fingerprint density at radius 1 is 0.882 bits per heavy atom. The summed E-state index contributed by atoms with van der Waals surface area (Å²) in [4.78, 5) is 32.8. The molecule has 0 aromatic carbocycles. The second kappa shape index (κ2) is 11.5. The van der Waals surface area contributed by atoms with Crippen LogP contribution in [0.25, 0.3) is 0 Å². The van der Waals surface area contributed by atoms with Crippen molar-refractivity contribution < 1.29 is 23.9 Å². The standard InChI is InChI=1S/C10H14O5.2Na/c1-6(2)14-9(12)8(5-11)10(13)15-7(3)4;;/h6-7H,1-4H3;;. The number of rotatable bonds is 4. The largest absolute Gasteiger partial charge is 0.459 e. The van der Waals surface area contributed by atoms with Gasteiger partial charge in [0, 0.05) is 59.1 Å². The number of esters is 2. The maximum absolute atomic E-state index is 11.2. The number of ether oxygens (including phenoxy) is 2. The fourth-order valence-corrected chi connectivity index (χ4v) is 0.713. The number of hydrogen-bond donors (Lipinski definition) is 0. The van der Waals surface area contributed by atoms with Gasteiger partial charge in [0.2, 0.25) is 5.57 Å². The summed E-state index contributed by atoms with van der Waals surface area (Å²) in [6.45, 7) is 6.42. The smallest absolute Gasteiger partial charge is 0.357 e. The number of hydrogen-bond acceptors (Lipinski definition) is 5. The monoisotopic (exact) mass is 260 g/mol. The van der Waals surface area contributed by atoms with Crippen molar-refractivity contribution in [2.24, 2.45) is 0 Å². The molecule has 0 aliphatic carbocycles. The topological polar surface area (TPSA) is 69.7 Å². The molecule has 0 heterocycles. The molecule has 2 radical (unpaired) electrons. The van der Waals surface area contributed by atoms with Gasteiger partial charge in [-0.1, -0.05) is 0 Å². The van der Waals surface area contributed by atoms with Gasteiger partial charge >= 0.3 is 11.9 Å². The molecule has 0 spiro atoms. The van der Waals surface area contributed by atoms with E-state index in [1.165, 1.54) is 5.94 Å². The minimum absolute atomic E-state index is 0. The van der Waals surface area contributed by atoms with E-state index in [1.807, 2.05) is 0 Å². The van der Waals surface area contributed by atoms with Gasteiger partial charge in [0.05, 0.1) is 12.2 Å². The van der Waals surface area contributed by atoms with Gasteiger partial charge in [-0.3, -0.25) is 0 Å². The first-order valence-corrected chi connectivity index (χ1v) is 4.55. The van der Waals surface area contributed by atoms with E-state index in [9.17, 15) is 14.4 Å². The molecule has 0 saturated carbocycles. The Morgan fingerprint density at radius 3 is 1.35 bits per heavy atom. The van der Waals surface area contributed by atoms with E-state index in [0.717, 1.165) is 0 Å². The molecule has 7 heteroatoms. The molecule has 0 N–H and O–H groups in total. The van der Waals surface area contributed by atoms with Crippen LogP contribution in [0.1, 0.15) is 27.7 Å². The van der Waals surface area contributed by atoms with Crippen LogP contribution in [-0.2, 0) is 23.9 Å². The molecule has 0 amide bonds. The van der Waals surface area contributed by atoms with Gasteiger partial charge in [-0.15, -0.1) is 0 Å². The molecule has 0 bridgehead atoms. The predicted octanol–water partition coefficient (Wildman–Crippen LogP) is -0.114. The summed E-state index contributed by atoms with van der Waals surface area (Å²) < 4.78 is 9.33. The minimum Gasteiger partial charge on any atom is -0.459 e. The van der Waals surface area contributed by atoms with Crippen molar-refractivity contribution in [2.45, 2.75) is 39.9 Å². The van der Waals surface area contributed by atoms with Crippen molar-refractivity contribution in [3.63, 3.8) is 0 Å². The van der Waals surface area contributed by atoms with Crippen LogP contribution < -0.4 is 0 Å². The first-order valence-electron chi connectivity index (χ1n) is 4.55. The van der Waals surface area contributed by atoms with Crippen molar-refractivity contribution >= 4 is 77.0 Å². The second-order valence-electron chi connectivity index (χ2n) is 3.39. The fourth-order valence-electron chi connectivity index (χ4n) is 0.713. The molecular formula is C10H14Na2O5. The average molecular weight is 260 g/mol. The molecule has 86 valence electrons. The van der Waals surface area contributed by atoms with Crippen molar-refractivity contribution in [3.05, 3.63) is 5.57 Å². The second-order valence-corrected chi connectivity index (χ2v) is 3.39. The van der Waals surface area contributed by atoms with Gasteiger partial charge in [-0.25, -0.2) is 14.4 Å². The summed E-state index contributed by atoms with van der Waals surface area (Å²) in [6, 6.07) is 0. The molecule has 0 unspecified atom stereocenters. The maximum Gasteiger partial charge on any atom is 0.357 e. The maximum atomic E-state index is 11.2. The Morgan fingerprint density at radius 2 is 1.18 bits per heavy atom. The van der Waals surface area contributed by atoms with E-state index in [1.54, 1.807) is 27.7 Å². The van der Waals surface area contributed by atoms with E-state index in [-0.39, 0.29) is 59.1 Å². The zero-order chi connectivity index (χ0) is 12.0. The van der Waals surface area contributed by atoms with Crippen LogP contribution in [0.5, 0.6) is 0 Å². The van der Waals surface area contributed by atoms with Crippen molar-refractivity contribution in [2.75, 3.05) is 0 Å². The van der Waals surface area contributed by atoms with Crippen molar-refractivity contribution in [3.8, 4) is 0 Å². The molecule has 0 aliphatic heterocycles. The fraction of sp³-hybridized carbons (Fsp3) is 0.600. The molecule has 0 aliphatic rings. The van der Waals surface area contributed by atoms with Crippen LogP contribution in [0.15, 0.2) is 5.57 Å². The summed E-state index contributed by atoms with van der Waals surface area (Å²) in [5.41, 5.74) is -0.739. The third-order valence-corrected chi connectivity index (χ3v) is 1.20. The summed E-state index contributed by atoms with van der Waals surface area (Å²) >= 11 is 0. The minimum atomic E-state index is -1.01. The van der Waals surface area contributed by atoms with E-state index in [2.05, 4.69) is 9.47 Å². The summed E-state index contributed by atoms with van der Waals surface area (Å²) in [5.74, 6) is -0.787. The summed E-state index contributed by atoms with van der Waals surface area (Å²) in [7, 11) is 0. The van der Waals surface area contributed by atoms with Gasteiger partial charge in [0.15, 0.2) is 0 Å².